The molecule has 6 rings (SSSR count). The van der Waals surface area contributed by atoms with Crippen molar-refractivity contribution in [1.29, 1.82) is 0 Å². The summed E-state index contributed by atoms with van der Waals surface area (Å²) in [5.41, 5.74) is 1.13. The van der Waals surface area contributed by atoms with Crippen LogP contribution in [-0.4, -0.2) is 61.5 Å². The fourth-order valence-corrected chi connectivity index (χ4v) is 7.29. The highest BCUT2D eigenvalue weighted by molar-refractivity contribution is 7.89. The van der Waals surface area contributed by atoms with Gasteiger partial charge in [0.25, 0.3) is 11.8 Å². The maximum Gasteiger partial charge on any atom is 0.261 e. The molecule has 3 amide bonds. The molecule has 1 fully saturated rings. The van der Waals surface area contributed by atoms with E-state index in [4.69, 9.17) is 0 Å². The lowest BCUT2D eigenvalue weighted by Gasteiger charge is -2.35. The van der Waals surface area contributed by atoms with E-state index in [0.29, 0.717) is 22.2 Å². The molecule has 0 unspecified atom stereocenters. The highest BCUT2D eigenvalue weighted by atomic mass is 32.2. The summed E-state index contributed by atoms with van der Waals surface area (Å²) in [4.78, 5) is 43.4. The zero-order chi connectivity index (χ0) is 29.4. The van der Waals surface area contributed by atoms with Crippen molar-refractivity contribution in [2.45, 2.75) is 17.7 Å². The monoisotopic (exact) mass is 585 g/mol. The molecule has 4 aromatic rings. The van der Waals surface area contributed by atoms with Gasteiger partial charge in [0.05, 0.1) is 4.90 Å². The second-order valence-electron chi connectivity index (χ2n) is 10.4. The number of amides is 3. The predicted molar refractivity (Wildman–Crippen MR) is 156 cm³/mol. The maximum absolute atomic E-state index is 14.3. The van der Waals surface area contributed by atoms with Gasteiger partial charge in [-0.2, -0.15) is 4.31 Å². The van der Waals surface area contributed by atoms with Crippen molar-refractivity contribution in [3.05, 3.63) is 108 Å². The molecule has 0 radical (unpaired) electrons. The Labute approximate surface area is 243 Å². The number of imide groups is 1. The first kappa shape index (κ1) is 27.7. The third-order valence-corrected chi connectivity index (χ3v) is 9.89. The third-order valence-electron chi connectivity index (χ3n) is 7.97. The normalized spacial score (nSPS) is 16.2. The summed E-state index contributed by atoms with van der Waals surface area (Å²) in [5, 5.41) is 1.41. The number of halogens is 1. The Balaban J connectivity index is 1.22. The van der Waals surface area contributed by atoms with Gasteiger partial charge >= 0.3 is 0 Å². The number of hydrogen-bond donors (Lipinski definition) is 0. The molecule has 0 atom stereocenters. The van der Waals surface area contributed by atoms with Crippen molar-refractivity contribution < 1.29 is 27.2 Å². The zero-order valence-corrected chi connectivity index (χ0v) is 23.5. The first-order chi connectivity index (χ1) is 20.3. The molecular formula is C32H28FN3O5S. The van der Waals surface area contributed by atoms with Gasteiger partial charge in [-0.25, -0.2) is 12.8 Å². The number of nitrogens with zero attached hydrogens (tertiary/aromatic N) is 3. The molecule has 0 bridgehead atoms. The Morgan fingerprint density at radius 1 is 0.833 bits per heavy atom. The second-order valence-corrected chi connectivity index (χ2v) is 12.4. The molecule has 2 aliphatic heterocycles. The molecule has 0 aromatic heterocycles. The van der Waals surface area contributed by atoms with Gasteiger partial charge in [-0.3, -0.25) is 19.3 Å². The van der Waals surface area contributed by atoms with E-state index in [2.05, 4.69) is 0 Å². The number of anilines is 1. The molecule has 8 nitrogen and oxygen atoms in total. The summed E-state index contributed by atoms with van der Waals surface area (Å²) >= 11 is 0. The van der Waals surface area contributed by atoms with Crippen LogP contribution in [0.4, 0.5) is 10.1 Å². The molecule has 0 saturated carbocycles. The standard InChI is InChI=1S/C32H28FN3O5S/c33-24-9-6-10-25(21-24)35(30(37)23-15-17-34(18-16-23)42(40,41)26-11-2-1-3-12-26)19-20-36-31(38)27-13-4-7-22-8-5-14-28(29(22)27)32(36)39/h1-14,21,23H,15-20H2. The lowest BCUT2D eigenvalue weighted by atomic mass is 9.94. The topological polar surface area (TPSA) is 95.1 Å². The molecular weight excluding hydrogens is 557 g/mol. The lowest BCUT2D eigenvalue weighted by molar-refractivity contribution is -0.123. The first-order valence-corrected chi connectivity index (χ1v) is 15.2. The SMILES string of the molecule is O=C1c2cccc3cccc(c23)C(=O)N1CCN(C(=O)C1CCN(S(=O)(=O)c2ccccc2)CC1)c1cccc(F)c1. The van der Waals surface area contributed by atoms with E-state index in [1.54, 1.807) is 60.7 Å². The van der Waals surface area contributed by atoms with Gasteiger partial charge in [0.1, 0.15) is 5.82 Å². The van der Waals surface area contributed by atoms with Crippen LogP contribution < -0.4 is 4.90 Å². The molecule has 0 aliphatic carbocycles. The average Bonchev–Trinajstić information content (AvgIpc) is 3.01. The van der Waals surface area contributed by atoms with Crippen LogP contribution in [0.2, 0.25) is 0 Å². The van der Waals surface area contributed by atoms with Crippen LogP contribution >= 0.6 is 0 Å². The Morgan fingerprint density at radius 2 is 1.45 bits per heavy atom. The number of hydrogen-bond acceptors (Lipinski definition) is 5. The van der Waals surface area contributed by atoms with Crippen LogP contribution in [-0.2, 0) is 14.8 Å². The van der Waals surface area contributed by atoms with Gasteiger partial charge in [0, 0.05) is 54.3 Å². The highest BCUT2D eigenvalue weighted by Crippen LogP contribution is 2.31. The van der Waals surface area contributed by atoms with Crippen LogP contribution in [0, 0.1) is 11.7 Å². The van der Waals surface area contributed by atoms with Gasteiger partial charge in [-0.15, -0.1) is 0 Å². The summed E-state index contributed by atoms with van der Waals surface area (Å²) in [6.07, 6.45) is 0.571. The Bertz CT molecular complexity index is 1750. The summed E-state index contributed by atoms with van der Waals surface area (Å²) < 4.78 is 41.8. The van der Waals surface area contributed by atoms with Crippen LogP contribution in [0.3, 0.4) is 0 Å². The Hall–Kier alpha value is -4.41. The summed E-state index contributed by atoms with van der Waals surface area (Å²) in [7, 11) is -3.69. The van der Waals surface area contributed by atoms with Crippen molar-refractivity contribution in [1.82, 2.24) is 9.21 Å². The van der Waals surface area contributed by atoms with Crippen LogP contribution in [0.1, 0.15) is 33.6 Å². The first-order valence-electron chi connectivity index (χ1n) is 13.8. The van der Waals surface area contributed by atoms with Gasteiger partial charge in [-0.1, -0.05) is 48.5 Å². The van der Waals surface area contributed by atoms with E-state index in [1.807, 2.05) is 12.1 Å². The van der Waals surface area contributed by atoms with Crippen molar-refractivity contribution in [3.63, 3.8) is 0 Å². The smallest absolute Gasteiger partial charge is 0.261 e. The molecule has 2 heterocycles. The van der Waals surface area contributed by atoms with Crippen LogP contribution in [0.25, 0.3) is 10.8 Å². The largest absolute Gasteiger partial charge is 0.310 e. The van der Waals surface area contributed by atoms with Crippen LogP contribution in [0.15, 0.2) is 95.9 Å². The third kappa shape index (κ3) is 4.97. The van der Waals surface area contributed by atoms with Crippen molar-refractivity contribution >= 4 is 44.2 Å². The molecule has 0 N–H and O–H groups in total. The van der Waals surface area contributed by atoms with Crippen molar-refractivity contribution in [2.24, 2.45) is 5.92 Å². The van der Waals surface area contributed by atoms with Crippen molar-refractivity contribution in [2.75, 3.05) is 31.1 Å². The minimum atomic E-state index is -3.69. The van der Waals surface area contributed by atoms with Gasteiger partial charge in [0.2, 0.25) is 15.9 Å². The highest BCUT2D eigenvalue weighted by Gasteiger charge is 2.36. The Kier molecular flexibility index (Phi) is 7.34. The quantitative estimate of drug-likeness (QED) is 0.293. The average molecular weight is 586 g/mol. The molecule has 4 aromatic carbocycles. The number of carbonyl (C=O) groups excluding carboxylic acids is 3. The molecule has 42 heavy (non-hydrogen) atoms. The molecule has 0 spiro atoms. The second kappa shape index (κ2) is 11.1. The number of rotatable bonds is 7. The van der Waals surface area contributed by atoms with E-state index in [9.17, 15) is 27.2 Å². The molecule has 214 valence electrons. The van der Waals surface area contributed by atoms with E-state index >= 15 is 0 Å². The van der Waals surface area contributed by atoms with Crippen molar-refractivity contribution in [3.8, 4) is 0 Å². The van der Waals surface area contributed by atoms with E-state index in [0.717, 1.165) is 10.3 Å². The number of benzene rings is 4. The van der Waals surface area contributed by atoms with Gasteiger partial charge < -0.3 is 4.90 Å². The summed E-state index contributed by atoms with van der Waals surface area (Å²) in [6, 6.07) is 24.3. The Morgan fingerprint density at radius 3 is 2.07 bits per heavy atom. The number of sulfonamides is 1. The number of piperidine rings is 1. The van der Waals surface area contributed by atoms with E-state index in [1.165, 1.54) is 27.4 Å². The fourth-order valence-electron chi connectivity index (χ4n) is 5.80. The molecule has 2 aliphatic rings. The van der Waals surface area contributed by atoms with Gasteiger partial charge in [-0.05, 0) is 60.7 Å². The van der Waals surface area contributed by atoms with E-state index < -0.39 is 33.6 Å². The van der Waals surface area contributed by atoms with E-state index in [-0.39, 0.29) is 49.8 Å². The van der Waals surface area contributed by atoms with Gasteiger partial charge in [0.15, 0.2) is 0 Å². The molecule has 1 saturated heterocycles. The summed E-state index contributed by atoms with van der Waals surface area (Å²) in [5.74, 6) is -2.25. The minimum absolute atomic E-state index is 0.0412. The zero-order valence-electron chi connectivity index (χ0n) is 22.6. The molecule has 10 heteroatoms. The number of carbonyl (C=O) groups is 3. The fraction of sp³-hybridized carbons (Fsp3) is 0.219. The predicted octanol–water partition coefficient (Wildman–Crippen LogP) is 4.71. The lowest BCUT2D eigenvalue weighted by Crippen LogP contribution is -2.48. The summed E-state index contributed by atoms with van der Waals surface area (Å²) in [6.45, 7) is 0.190. The minimum Gasteiger partial charge on any atom is -0.310 e. The van der Waals surface area contributed by atoms with Crippen LogP contribution in [0.5, 0.6) is 0 Å². The maximum atomic E-state index is 14.3.